The summed E-state index contributed by atoms with van der Waals surface area (Å²) in [4.78, 5) is 0. The van der Waals surface area contributed by atoms with Crippen molar-refractivity contribution in [2.75, 3.05) is 0 Å². The Hall–Kier alpha value is -0.850. The van der Waals surface area contributed by atoms with E-state index in [0.29, 0.717) is 12.1 Å². The van der Waals surface area contributed by atoms with Gasteiger partial charge in [-0.15, -0.1) is 0 Å². The van der Waals surface area contributed by atoms with Crippen molar-refractivity contribution in [2.45, 2.75) is 20.4 Å². The summed E-state index contributed by atoms with van der Waals surface area (Å²) in [7, 11) is 0. The van der Waals surface area contributed by atoms with Crippen molar-refractivity contribution in [3.8, 4) is 6.07 Å². The summed E-state index contributed by atoms with van der Waals surface area (Å²) in [5.41, 5.74) is 7.07. The number of rotatable bonds is 1. The SMILES string of the molecule is CC.N#Cc1ccc(CN)cc1Br. The molecule has 0 fully saturated rings. The van der Waals surface area contributed by atoms with Gasteiger partial charge in [-0.25, -0.2) is 0 Å². The van der Waals surface area contributed by atoms with Gasteiger partial charge < -0.3 is 5.73 Å². The predicted molar refractivity (Wildman–Crippen MR) is 58.1 cm³/mol. The highest BCUT2D eigenvalue weighted by Crippen LogP contribution is 2.17. The van der Waals surface area contributed by atoms with Gasteiger partial charge in [-0.2, -0.15) is 5.26 Å². The molecule has 0 bridgehead atoms. The quantitative estimate of drug-likeness (QED) is 0.821. The maximum atomic E-state index is 8.57. The van der Waals surface area contributed by atoms with Gasteiger partial charge in [-0.3, -0.25) is 0 Å². The van der Waals surface area contributed by atoms with Crippen LogP contribution in [0.2, 0.25) is 0 Å². The molecule has 0 atom stereocenters. The zero-order valence-corrected chi connectivity index (χ0v) is 9.43. The number of hydrogen-bond acceptors (Lipinski definition) is 2. The molecule has 1 rings (SSSR count). The van der Waals surface area contributed by atoms with Crippen molar-refractivity contribution in [3.63, 3.8) is 0 Å². The van der Waals surface area contributed by atoms with Crippen LogP contribution in [0.3, 0.4) is 0 Å². The first-order valence-electron chi connectivity index (χ1n) is 4.16. The normalized spacial score (nSPS) is 8.23. The van der Waals surface area contributed by atoms with Gasteiger partial charge in [0.15, 0.2) is 0 Å². The molecule has 1 aromatic rings. The van der Waals surface area contributed by atoms with Crippen LogP contribution in [-0.2, 0) is 6.54 Å². The molecule has 0 spiro atoms. The fraction of sp³-hybridized carbons (Fsp3) is 0.300. The predicted octanol–water partition coefficient (Wildman–Crippen LogP) is 2.81. The second kappa shape index (κ2) is 6.64. The molecular weight excluding hydrogens is 228 g/mol. The molecule has 3 heteroatoms. The summed E-state index contributed by atoms with van der Waals surface area (Å²) in [5, 5.41) is 8.57. The molecule has 0 aliphatic carbocycles. The lowest BCUT2D eigenvalue weighted by Gasteiger charge is -1.97. The van der Waals surface area contributed by atoms with Crippen molar-refractivity contribution >= 4 is 15.9 Å². The minimum absolute atomic E-state index is 0.504. The number of benzene rings is 1. The zero-order valence-electron chi connectivity index (χ0n) is 7.84. The standard InChI is InChI=1S/C8H7BrN2.C2H6/c9-8-3-6(4-10)1-2-7(8)5-11;1-2/h1-3H,4,10H2;1-2H3. The Balaban J connectivity index is 0.000000671. The molecule has 13 heavy (non-hydrogen) atoms. The van der Waals surface area contributed by atoms with E-state index in [9.17, 15) is 0 Å². The second-order valence-electron chi connectivity index (χ2n) is 2.13. The number of nitriles is 1. The van der Waals surface area contributed by atoms with Gasteiger partial charge >= 0.3 is 0 Å². The summed E-state index contributed by atoms with van der Waals surface area (Å²) in [6, 6.07) is 7.53. The van der Waals surface area contributed by atoms with Crippen molar-refractivity contribution in [1.82, 2.24) is 0 Å². The lowest BCUT2D eigenvalue weighted by Crippen LogP contribution is -1.95. The summed E-state index contributed by atoms with van der Waals surface area (Å²) in [5.74, 6) is 0. The number of nitrogens with two attached hydrogens (primary N) is 1. The third-order valence-electron chi connectivity index (χ3n) is 1.39. The largest absolute Gasteiger partial charge is 0.326 e. The smallest absolute Gasteiger partial charge is 0.100 e. The van der Waals surface area contributed by atoms with E-state index in [-0.39, 0.29) is 0 Å². The third-order valence-corrected chi connectivity index (χ3v) is 2.05. The number of halogens is 1. The summed E-state index contributed by atoms with van der Waals surface area (Å²) in [6.45, 7) is 4.50. The Morgan fingerprint density at radius 1 is 1.46 bits per heavy atom. The van der Waals surface area contributed by atoms with E-state index >= 15 is 0 Å². The minimum atomic E-state index is 0.504. The van der Waals surface area contributed by atoms with E-state index in [1.807, 2.05) is 26.0 Å². The highest BCUT2D eigenvalue weighted by Gasteiger charge is 1.97. The molecule has 0 amide bonds. The molecule has 0 saturated carbocycles. The van der Waals surface area contributed by atoms with E-state index in [1.54, 1.807) is 6.07 Å². The molecule has 1 aromatic carbocycles. The van der Waals surface area contributed by atoms with Gasteiger partial charge in [-0.05, 0) is 33.6 Å². The molecule has 0 aliphatic heterocycles. The lowest BCUT2D eigenvalue weighted by atomic mass is 10.1. The highest BCUT2D eigenvalue weighted by atomic mass is 79.9. The minimum Gasteiger partial charge on any atom is -0.326 e. The highest BCUT2D eigenvalue weighted by molar-refractivity contribution is 9.10. The number of hydrogen-bond donors (Lipinski definition) is 1. The Labute approximate surface area is 87.5 Å². The van der Waals surface area contributed by atoms with Crippen molar-refractivity contribution in [3.05, 3.63) is 33.8 Å². The second-order valence-corrected chi connectivity index (χ2v) is 2.98. The Morgan fingerprint density at radius 3 is 2.46 bits per heavy atom. The first kappa shape index (κ1) is 12.2. The van der Waals surface area contributed by atoms with Crippen molar-refractivity contribution in [2.24, 2.45) is 5.73 Å². The van der Waals surface area contributed by atoms with Crippen molar-refractivity contribution < 1.29 is 0 Å². The van der Waals surface area contributed by atoms with Crippen LogP contribution in [0.15, 0.2) is 22.7 Å². The molecular formula is C10H13BrN2. The zero-order chi connectivity index (χ0) is 10.3. The van der Waals surface area contributed by atoms with Gasteiger partial charge in [0.1, 0.15) is 6.07 Å². The van der Waals surface area contributed by atoms with Crippen LogP contribution >= 0.6 is 15.9 Å². The first-order chi connectivity index (χ1) is 6.27. The van der Waals surface area contributed by atoms with Crippen LogP contribution < -0.4 is 5.73 Å². The summed E-state index contributed by atoms with van der Waals surface area (Å²) >= 11 is 3.27. The van der Waals surface area contributed by atoms with Crippen LogP contribution in [0.1, 0.15) is 25.0 Å². The molecule has 0 aliphatic rings. The Kier molecular flexibility index (Phi) is 6.21. The molecule has 2 nitrogen and oxygen atoms in total. The average molecular weight is 241 g/mol. The fourth-order valence-corrected chi connectivity index (χ4v) is 1.29. The van der Waals surface area contributed by atoms with Crippen LogP contribution in [-0.4, -0.2) is 0 Å². The van der Waals surface area contributed by atoms with Gasteiger partial charge in [0.05, 0.1) is 5.56 Å². The van der Waals surface area contributed by atoms with Gasteiger partial charge in [0.2, 0.25) is 0 Å². The van der Waals surface area contributed by atoms with E-state index in [4.69, 9.17) is 11.0 Å². The molecule has 0 unspecified atom stereocenters. The third kappa shape index (κ3) is 3.58. The van der Waals surface area contributed by atoms with Crippen LogP contribution in [0.25, 0.3) is 0 Å². The summed E-state index contributed by atoms with van der Waals surface area (Å²) in [6.07, 6.45) is 0. The average Bonchev–Trinajstić information content (AvgIpc) is 2.20. The molecule has 0 heterocycles. The van der Waals surface area contributed by atoms with Gasteiger partial charge in [0, 0.05) is 11.0 Å². The molecule has 0 saturated heterocycles. The monoisotopic (exact) mass is 240 g/mol. The molecule has 70 valence electrons. The molecule has 2 N–H and O–H groups in total. The van der Waals surface area contributed by atoms with Crippen molar-refractivity contribution in [1.29, 1.82) is 5.26 Å². The van der Waals surface area contributed by atoms with Crippen LogP contribution in [0.5, 0.6) is 0 Å². The summed E-state index contributed by atoms with van der Waals surface area (Å²) < 4.78 is 0.808. The first-order valence-corrected chi connectivity index (χ1v) is 4.96. The maximum Gasteiger partial charge on any atom is 0.100 e. The van der Waals surface area contributed by atoms with Gasteiger partial charge in [0.25, 0.3) is 0 Å². The Morgan fingerprint density at radius 2 is 2.08 bits per heavy atom. The van der Waals surface area contributed by atoms with E-state index in [2.05, 4.69) is 22.0 Å². The van der Waals surface area contributed by atoms with E-state index in [1.165, 1.54) is 0 Å². The number of nitrogens with zero attached hydrogens (tertiary/aromatic N) is 1. The van der Waals surface area contributed by atoms with Gasteiger partial charge in [-0.1, -0.05) is 19.9 Å². The maximum absolute atomic E-state index is 8.57. The van der Waals surface area contributed by atoms with E-state index < -0.39 is 0 Å². The molecule has 0 radical (unpaired) electrons. The lowest BCUT2D eigenvalue weighted by molar-refractivity contribution is 1.07. The van der Waals surface area contributed by atoms with Crippen LogP contribution in [0.4, 0.5) is 0 Å². The Bertz CT molecular complexity index is 302. The van der Waals surface area contributed by atoms with Crippen LogP contribution in [0, 0.1) is 11.3 Å². The topological polar surface area (TPSA) is 49.8 Å². The fourth-order valence-electron chi connectivity index (χ4n) is 0.776. The van der Waals surface area contributed by atoms with E-state index in [0.717, 1.165) is 10.0 Å². The molecule has 0 aromatic heterocycles.